The first-order valence-electron chi connectivity index (χ1n) is 7.92. The zero-order valence-corrected chi connectivity index (χ0v) is 15.0. The van der Waals surface area contributed by atoms with E-state index in [0.29, 0.717) is 22.9 Å². The molecule has 0 bridgehead atoms. The average Bonchev–Trinajstić information content (AvgIpc) is 2.62. The first-order chi connectivity index (χ1) is 12.0. The third-order valence-electron chi connectivity index (χ3n) is 3.91. The smallest absolute Gasteiger partial charge is 0.224 e. The van der Waals surface area contributed by atoms with Crippen LogP contribution in [0.4, 0.5) is 5.69 Å². The van der Waals surface area contributed by atoms with Crippen LogP contribution in [0.25, 0.3) is 0 Å². The van der Waals surface area contributed by atoms with Crippen molar-refractivity contribution >= 4 is 11.6 Å². The molecule has 0 radical (unpaired) electrons. The Kier molecular flexibility index (Phi) is 6.11. The Morgan fingerprint density at radius 3 is 2.08 bits per heavy atom. The van der Waals surface area contributed by atoms with Gasteiger partial charge in [0.15, 0.2) is 11.5 Å². The SMILES string of the molecule is COc1cc(C(C)NC(=O)Cc2ccc(N)cc2)cc(OC)c1OC. The van der Waals surface area contributed by atoms with Crippen molar-refractivity contribution in [1.82, 2.24) is 5.32 Å². The Morgan fingerprint density at radius 2 is 1.60 bits per heavy atom. The molecule has 0 heterocycles. The molecule has 1 unspecified atom stereocenters. The summed E-state index contributed by atoms with van der Waals surface area (Å²) in [7, 11) is 4.68. The molecule has 0 spiro atoms. The van der Waals surface area contributed by atoms with Crippen LogP contribution in [0.5, 0.6) is 17.2 Å². The number of benzene rings is 2. The van der Waals surface area contributed by atoms with Crippen LogP contribution >= 0.6 is 0 Å². The van der Waals surface area contributed by atoms with E-state index >= 15 is 0 Å². The Morgan fingerprint density at radius 1 is 1.04 bits per heavy atom. The normalized spacial score (nSPS) is 11.5. The molecule has 6 heteroatoms. The Bertz CT molecular complexity index is 704. The van der Waals surface area contributed by atoms with Crippen LogP contribution in [0.2, 0.25) is 0 Å². The lowest BCUT2D eigenvalue weighted by atomic mass is 10.1. The van der Waals surface area contributed by atoms with E-state index in [1.165, 1.54) is 0 Å². The Hall–Kier alpha value is -2.89. The summed E-state index contributed by atoms with van der Waals surface area (Å²) in [6, 6.07) is 10.7. The molecule has 6 nitrogen and oxygen atoms in total. The van der Waals surface area contributed by atoms with Crippen LogP contribution in [-0.4, -0.2) is 27.2 Å². The summed E-state index contributed by atoms with van der Waals surface area (Å²) in [6.45, 7) is 1.90. The van der Waals surface area contributed by atoms with Crippen LogP contribution in [0.15, 0.2) is 36.4 Å². The fourth-order valence-corrected chi connectivity index (χ4v) is 2.55. The zero-order chi connectivity index (χ0) is 18.4. The molecule has 2 rings (SSSR count). The minimum absolute atomic E-state index is 0.0778. The molecule has 0 aliphatic rings. The highest BCUT2D eigenvalue weighted by molar-refractivity contribution is 5.79. The summed E-state index contributed by atoms with van der Waals surface area (Å²) in [5, 5.41) is 2.98. The highest BCUT2D eigenvalue weighted by Crippen LogP contribution is 2.39. The second kappa shape index (κ2) is 8.28. The molecular formula is C19H24N2O4. The van der Waals surface area contributed by atoms with Gasteiger partial charge in [0, 0.05) is 5.69 Å². The molecule has 2 aromatic rings. The number of methoxy groups -OCH3 is 3. The van der Waals surface area contributed by atoms with Crippen molar-refractivity contribution in [3.8, 4) is 17.2 Å². The van der Waals surface area contributed by atoms with Gasteiger partial charge in [-0.05, 0) is 42.3 Å². The topological polar surface area (TPSA) is 82.8 Å². The molecule has 0 aromatic heterocycles. The highest BCUT2D eigenvalue weighted by atomic mass is 16.5. The van der Waals surface area contributed by atoms with Gasteiger partial charge in [-0.25, -0.2) is 0 Å². The molecule has 1 amide bonds. The van der Waals surface area contributed by atoms with Gasteiger partial charge < -0.3 is 25.3 Å². The van der Waals surface area contributed by atoms with Crippen LogP contribution in [0.1, 0.15) is 24.1 Å². The molecular weight excluding hydrogens is 320 g/mol. The number of rotatable bonds is 7. The molecule has 1 atom stereocenters. The van der Waals surface area contributed by atoms with E-state index in [9.17, 15) is 4.79 Å². The van der Waals surface area contributed by atoms with Crippen LogP contribution < -0.4 is 25.3 Å². The van der Waals surface area contributed by atoms with Crippen LogP contribution in [0, 0.1) is 0 Å². The molecule has 3 N–H and O–H groups in total. The second-order valence-corrected chi connectivity index (χ2v) is 5.67. The number of carbonyl (C=O) groups excluding carboxylic acids is 1. The van der Waals surface area contributed by atoms with Gasteiger partial charge in [0.25, 0.3) is 0 Å². The van der Waals surface area contributed by atoms with Crippen LogP contribution in [0.3, 0.4) is 0 Å². The van der Waals surface area contributed by atoms with Gasteiger partial charge in [0.2, 0.25) is 11.7 Å². The predicted octanol–water partition coefficient (Wildman–Crippen LogP) is 2.71. The highest BCUT2D eigenvalue weighted by Gasteiger charge is 2.17. The first-order valence-corrected chi connectivity index (χ1v) is 7.92. The third kappa shape index (κ3) is 4.56. The van der Waals surface area contributed by atoms with E-state index in [1.807, 2.05) is 31.2 Å². The van der Waals surface area contributed by atoms with Crippen molar-refractivity contribution in [3.05, 3.63) is 47.5 Å². The van der Waals surface area contributed by atoms with Crippen LogP contribution in [-0.2, 0) is 11.2 Å². The van der Waals surface area contributed by atoms with Crippen molar-refractivity contribution in [1.29, 1.82) is 0 Å². The molecule has 134 valence electrons. The molecule has 0 saturated carbocycles. The van der Waals surface area contributed by atoms with Crippen molar-refractivity contribution in [2.24, 2.45) is 0 Å². The van der Waals surface area contributed by atoms with E-state index < -0.39 is 0 Å². The second-order valence-electron chi connectivity index (χ2n) is 5.67. The Balaban J connectivity index is 2.12. The fraction of sp³-hybridized carbons (Fsp3) is 0.316. The zero-order valence-electron chi connectivity index (χ0n) is 15.0. The maximum absolute atomic E-state index is 12.3. The van der Waals surface area contributed by atoms with Gasteiger partial charge >= 0.3 is 0 Å². The van der Waals surface area contributed by atoms with Crippen molar-refractivity contribution in [2.75, 3.05) is 27.1 Å². The lowest BCUT2D eigenvalue weighted by molar-refractivity contribution is -0.121. The van der Waals surface area contributed by atoms with E-state index in [0.717, 1.165) is 11.1 Å². The van der Waals surface area contributed by atoms with Gasteiger partial charge in [-0.2, -0.15) is 0 Å². The Labute approximate surface area is 147 Å². The minimum atomic E-state index is -0.213. The summed E-state index contributed by atoms with van der Waals surface area (Å²) in [6.07, 6.45) is 0.287. The van der Waals surface area contributed by atoms with Gasteiger partial charge in [0.1, 0.15) is 0 Å². The predicted molar refractivity (Wildman–Crippen MR) is 97.2 cm³/mol. The molecule has 0 aliphatic carbocycles. The standard InChI is InChI=1S/C19H24N2O4/c1-12(21-18(22)9-13-5-7-15(20)8-6-13)14-10-16(23-2)19(25-4)17(11-14)24-3/h5-8,10-12H,9,20H2,1-4H3,(H,21,22). The fourth-order valence-electron chi connectivity index (χ4n) is 2.55. The first kappa shape index (κ1) is 18.4. The largest absolute Gasteiger partial charge is 0.493 e. The number of hydrogen-bond acceptors (Lipinski definition) is 5. The number of anilines is 1. The lowest BCUT2D eigenvalue weighted by Gasteiger charge is -2.19. The minimum Gasteiger partial charge on any atom is -0.493 e. The average molecular weight is 344 g/mol. The monoisotopic (exact) mass is 344 g/mol. The summed E-state index contributed by atoms with van der Waals surface area (Å²) >= 11 is 0. The summed E-state index contributed by atoms with van der Waals surface area (Å²) in [4.78, 5) is 12.3. The van der Waals surface area contributed by atoms with Gasteiger partial charge in [0.05, 0.1) is 33.8 Å². The number of carbonyl (C=O) groups is 1. The van der Waals surface area contributed by atoms with Gasteiger partial charge in [-0.15, -0.1) is 0 Å². The van der Waals surface area contributed by atoms with Gasteiger partial charge in [-0.1, -0.05) is 12.1 Å². The van der Waals surface area contributed by atoms with E-state index in [-0.39, 0.29) is 18.4 Å². The molecule has 0 aliphatic heterocycles. The number of nitrogens with two attached hydrogens (primary N) is 1. The van der Waals surface area contributed by atoms with Gasteiger partial charge in [-0.3, -0.25) is 4.79 Å². The number of amides is 1. The summed E-state index contributed by atoms with van der Waals surface area (Å²) in [5.41, 5.74) is 8.10. The molecule has 0 saturated heterocycles. The molecule has 25 heavy (non-hydrogen) atoms. The van der Waals surface area contributed by atoms with E-state index in [4.69, 9.17) is 19.9 Å². The number of ether oxygens (including phenoxy) is 3. The number of nitrogen functional groups attached to an aromatic ring is 1. The maximum atomic E-state index is 12.3. The molecule has 0 fully saturated rings. The molecule has 2 aromatic carbocycles. The van der Waals surface area contributed by atoms with E-state index in [1.54, 1.807) is 33.5 Å². The number of nitrogens with one attached hydrogen (secondary N) is 1. The summed E-state index contributed by atoms with van der Waals surface area (Å²) in [5.74, 6) is 1.55. The van der Waals surface area contributed by atoms with E-state index in [2.05, 4.69) is 5.32 Å². The van der Waals surface area contributed by atoms with Crippen molar-refractivity contribution in [3.63, 3.8) is 0 Å². The van der Waals surface area contributed by atoms with Crippen molar-refractivity contribution in [2.45, 2.75) is 19.4 Å². The lowest BCUT2D eigenvalue weighted by Crippen LogP contribution is -2.28. The maximum Gasteiger partial charge on any atom is 0.224 e. The third-order valence-corrected chi connectivity index (χ3v) is 3.91. The van der Waals surface area contributed by atoms with Crippen molar-refractivity contribution < 1.29 is 19.0 Å². The summed E-state index contributed by atoms with van der Waals surface area (Å²) < 4.78 is 16.0. The quantitative estimate of drug-likeness (QED) is 0.755. The number of hydrogen-bond donors (Lipinski definition) is 2.